The van der Waals surface area contributed by atoms with Gasteiger partial charge in [-0.15, -0.1) is 11.3 Å². The molecule has 0 aliphatic heterocycles. The van der Waals surface area contributed by atoms with Crippen LogP contribution in [0.3, 0.4) is 0 Å². The lowest BCUT2D eigenvalue weighted by Crippen LogP contribution is -2.26. The standard InChI is InChI=1S/C18H18N6O2S/c1-11-8-12(2)24(23-11)18-20-13(10-27-18)5-6-19-17(25)15-9-14(21-22-15)16-4-3-7-26-16/h3-4,7-10H,5-6H2,1-2H3,(H,19,25)(H,21,22). The molecule has 4 heterocycles. The fraction of sp³-hybridized carbons (Fsp3) is 0.222. The molecule has 1 amide bonds. The highest BCUT2D eigenvalue weighted by atomic mass is 32.1. The summed E-state index contributed by atoms with van der Waals surface area (Å²) in [4.78, 5) is 16.8. The topological polar surface area (TPSA) is 102 Å². The number of amides is 1. The zero-order valence-corrected chi connectivity index (χ0v) is 15.7. The number of carbonyl (C=O) groups is 1. The van der Waals surface area contributed by atoms with Crippen LogP contribution in [0.5, 0.6) is 0 Å². The second-order valence-electron chi connectivity index (χ2n) is 6.11. The van der Waals surface area contributed by atoms with Crippen molar-refractivity contribution in [2.45, 2.75) is 20.3 Å². The van der Waals surface area contributed by atoms with Crippen LogP contribution in [0.2, 0.25) is 0 Å². The van der Waals surface area contributed by atoms with Crippen LogP contribution in [0.25, 0.3) is 16.6 Å². The molecule has 0 spiro atoms. The number of aromatic amines is 1. The van der Waals surface area contributed by atoms with Crippen molar-refractivity contribution in [3.8, 4) is 16.6 Å². The van der Waals surface area contributed by atoms with Crippen molar-refractivity contribution in [3.63, 3.8) is 0 Å². The second-order valence-corrected chi connectivity index (χ2v) is 6.95. The molecule has 4 aromatic heterocycles. The van der Waals surface area contributed by atoms with Gasteiger partial charge in [0.05, 0.1) is 17.7 Å². The molecule has 2 N–H and O–H groups in total. The fourth-order valence-electron chi connectivity index (χ4n) is 2.72. The minimum Gasteiger partial charge on any atom is -0.463 e. The lowest BCUT2D eigenvalue weighted by Gasteiger charge is -2.01. The Bertz CT molecular complexity index is 1060. The molecule has 9 heteroatoms. The van der Waals surface area contributed by atoms with E-state index in [2.05, 4.69) is 25.6 Å². The van der Waals surface area contributed by atoms with Gasteiger partial charge >= 0.3 is 0 Å². The number of nitrogens with zero attached hydrogens (tertiary/aromatic N) is 4. The van der Waals surface area contributed by atoms with Gasteiger partial charge < -0.3 is 9.73 Å². The number of thiazole rings is 1. The molecule has 0 aliphatic carbocycles. The molecular formula is C18H18N6O2S. The van der Waals surface area contributed by atoms with E-state index in [1.807, 2.05) is 30.0 Å². The molecule has 0 aromatic carbocycles. The number of furan rings is 1. The summed E-state index contributed by atoms with van der Waals surface area (Å²) in [6, 6.07) is 7.27. The van der Waals surface area contributed by atoms with Crippen LogP contribution in [0, 0.1) is 13.8 Å². The van der Waals surface area contributed by atoms with Crippen molar-refractivity contribution in [3.05, 3.63) is 58.7 Å². The number of aryl methyl sites for hydroxylation is 2. The van der Waals surface area contributed by atoms with Crippen molar-refractivity contribution in [1.82, 2.24) is 30.3 Å². The largest absolute Gasteiger partial charge is 0.463 e. The number of carbonyl (C=O) groups excluding carboxylic acids is 1. The number of H-pyrrole nitrogens is 1. The Morgan fingerprint density at radius 3 is 3.00 bits per heavy atom. The molecule has 138 valence electrons. The number of hydrogen-bond donors (Lipinski definition) is 2. The maximum Gasteiger partial charge on any atom is 0.271 e. The van der Waals surface area contributed by atoms with Crippen LogP contribution >= 0.6 is 11.3 Å². The zero-order valence-electron chi connectivity index (χ0n) is 14.9. The van der Waals surface area contributed by atoms with E-state index >= 15 is 0 Å². The minimum atomic E-state index is -0.238. The van der Waals surface area contributed by atoms with Gasteiger partial charge in [0, 0.05) is 30.1 Å². The molecule has 0 atom stereocenters. The lowest BCUT2D eigenvalue weighted by atomic mass is 10.3. The predicted molar refractivity (Wildman–Crippen MR) is 101 cm³/mol. The van der Waals surface area contributed by atoms with E-state index < -0.39 is 0 Å². The SMILES string of the molecule is Cc1cc(C)n(-c2nc(CCNC(=O)c3cc(-c4ccco4)[nH]n3)cs2)n1. The molecule has 0 saturated heterocycles. The van der Waals surface area contributed by atoms with Gasteiger partial charge in [0.1, 0.15) is 5.69 Å². The van der Waals surface area contributed by atoms with E-state index in [0.29, 0.717) is 30.1 Å². The first-order valence-electron chi connectivity index (χ1n) is 8.45. The Morgan fingerprint density at radius 2 is 2.26 bits per heavy atom. The first-order chi connectivity index (χ1) is 13.1. The Hall–Kier alpha value is -3.20. The Kier molecular flexibility index (Phi) is 4.59. The minimum absolute atomic E-state index is 0.238. The van der Waals surface area contributed by atoms with E-state index in [-0.39, 0.29) is 5.91 Å². The summed E-state index contributed by atoms with van der Waals surface area (Å²) >= 11 is 1.54. The van der Waals surface area contributed by atoms with Crippen molar-refractivity contribution in [1.29, 1.82) is 0 Å². The van der Waals surface area contributed by atoms with Crippen LogP contribution in [0.4, 0.5) is 0 Å². The normalized spacial score (nSPS) is 11.0. The molecule has 8 nitrogen and oxygen atoms in total. The number of nitrogens with one attached hydrogen (secondary N) is 2. The average molecular weight is 382 g/mol. The maximum absolute atomic E-state index is 12.2. The molecule has 4 aromatic rings. The van der Waals surface area contributed by atoms with E-state index in [4.69, 9.17) is 4.42 Å². The van der Waals surface area contributed by atoms with Gasteiger partial charge in [0.15, 0.2) is 11.5 Å². The highest BCUT2D eigenvalue weighted by Gasteiger charge is 2.13. The third kappa shape index (κ3) is 3.68. The van der Waals surface area contributed by atoms with E-state index in [1.165, 1.54) is 11.3 Å². The van der Waals surface area contributed by atoms with Gasteiger partial charge in [-0.2, -0.15) is 10.2 Å². The van der Waals surface area contributed by atoms with Gasteiger partial charge in [-0.25, -0.2) is 9.67 Å². The summed E-state index contributed by atoms with van der Waals surface area (Å²) < 4.78 is 7.12. The molecule has 27 heavy (non-hydrogen) atoms. The third-order valence-corrected chi connectivity index (χ3v) is 4.86. The molecule has 0 unspecified atom stereocenters. The summed E-state index contributed by atoms with van der Waals surface area (Å²) in [5, 5.41) is 17.0. The van der Waals surface area contributed by atoms with Crippen molar-refractivity contribution < 1.29 is 9.21 Å². The van der Waals surface area contributed by atoms with Gasteiger partial charge in [-0.05, 0) is 32.0 Å². The smallest absolute Gasteiger partial charge is 0.271 e. The maximum atomic E-state index is 12.2. The molecule has 4 rings (SSSR count). The summed E-state index contributed by atoms with van der Waals surface area (Å²) in [6.07, 6.45) is 2.21. The number of hydrogen-bond acceptors (Lipinski definition) is 6. The van der Waals surface area contributed by atoms with E-state index in [0.717, 1.165) is 22.2 Å². The highest BCUT2D eigenvalue weighted by Crippen LogP contribution is 2.18. The molecule has 0 saturated carbocycles. The summed E-state index contributed by atoms with van der Waals surface area (Å²) in [5.74, 6) is 0.402. The summed E-state index contributed by atoms with van der Waals surface area (Å²) in [5.41, 5.74) is 3.92. The Balaban J connectivity index is 1.34. The highest BCUT2D eigenvalue weighted by molar-refractivity contribution is 7.12. The fourth-order valence-corrected chi connectivity index (χ4v) is 3.59. The predicted octanol–water partition coefficient (Wildman–Crippen LogP) is 2.90. The Labute approximate surface area is 159 Å². The van der Waals surface area contributed by atoms with Gasteiger partial charge in [0.2, 0.25) is 5.13 Å². The van der Waals surface area contributed by atoms with Gasteiger partial charge in [0.25, 0.3) is 5.91 Å². The molecular weight excluding hydrogens is 364 g/mol. The first-order valence-corrected chi connectivity index (χ1v) is 9.33. The van der Waals surface area contributed by atoms with E-state index in [1.54, 1.807) is 24.5 Å². The number of rotatable bonds is 6. The van der Waals surface area contributed by atoms with Gasteiger partial charge in [-0.1, -0.05) is 0 Å². The van der Waals surface area contributed by atoms with Crippen LogP contribution in [0.15, 0.2) is 40.3 Å². The van der Waals surface area contributed by atoms with Crippen LogP contribution in [-0.2, 0) is 6.42 Å². The van der Waals surface area contributed by atoms with Gasteiger partial charge in [-0.3, -0.25) is 9.89 Å². The average Bonchev–Trinajstić information content (AvgIpc) is 3.42. The summed E-state index contributed by atoms with van der Waals surface area (Å²) in [7, 11) is 0. The Morgan fingerprint density at radius 1 is 1.37 bits per heavy atom. The lowest BCUT2D eigenvalue weighted by molar-refractivity contribution is 0.0949. The molecule has 0 fully saturated rings. The monoisotopic (exact) mass is 382 g/mol. The van der Waals surface area contributed by atoms with Crippen molar-refractivity contribution in [2.75, 3.05) is 6.54 Å². The molecule has 0 bridgehead atoms. The van der Waals surface area contributed by atoms with Crippen molar-refractivity contribution >= 4 is 17.2 Å². The molecule has 0 radical (unpaired) electrons. The quantitative estimate of drug-likeness (QED) is 0.534. The van der Waals surface area contributed by atoms with Crippen LogP contribution in [-0.4, -0.2) is 37.4 Å². The van der Waals surface area contributed by atoms with E-state index in [9.17, 15) is 4.79 Å². The van der Waals surface area contributed by atoms with Crippen LogP contribution < -0.4 is 5.32 Å². The third-order valence-electron chi connectivity index (χ3n) is 3.99. The zero-order chi connectivity index (χ0) is 18.8. The van der Waals surface area contributed by atoms with Crippen molar-refractivity contribution in [2.24, 2.45) is 0 Å². The first kappa shape index (κ1) is 17.2. The summed E-state index contributed by atoms with van der Waals surface area (Å²) in [6.45, 7) is 4.43. The number of aromatic nitrogens is 5. The second kappa shape index (κ2) is 7.20. The molecule has 0 aliphatic rings. The van der Waals surface area contributed by atoms with Crippen LogP contribution in [0.1, 0.15) is 27.6 Å².